The molecule has 1 aromatic rings. The molecule has 0 aromatic carbocycles. The van der Waals surface area contributed by atoms with Crippen molar-refractivity contribution in [2.45, 2.75) is 25.7 Å². The van der Waals surface area contributed by atoms with E-state index >= 15 is 0 Å². The predicted molar refractivity (Wildman–Crippen MR) is 67.3 cm³/mol. The van der Waals surface area contributed by atoms with Gasteiger partial charge in [-0.25, -0.2) is 0 Å². The monoisotopic (exact) mass is 246 g/mol. The Morgan fingerprint density at radius 1 is 1.28 bits per heavy atom. The third-order valence-corrected chi connectivity index (χ3v) is 4.11. The summed E-state index contributed by atoms with van der Waals surface area (Å²) in [6.07, 6.45) is 7.97. The minimum atomic E-state index is 0.00926. The number of hydrogen-bond donors (Lipinski definition) is 1. The summed E-state index contributed by atoms with van der Waals surface area (Å²) in [7, 11) is 0. The Morgan fingerprint density at radius 2 is 2.00 bits per heavy atom. The van der Waals surface area contributed by atoms with E-state index < -0.39 is 0 Å². The summed E-state index contributed by atoms with van der Waals surface area (Å²) in [4.78, 5) is 18.2. The molecule has 0 radical (unpaired) electrons. The molecule has 1 aliphatic heterocycles. The smallest absolute Gasteiger partial charge is 0.255 e. The van der Waals surface area contributed by atoms with E-state index in [1.807, 2.05) is 4.90 Å². The average Bonchev–Trinajstić information content (AvgIpc) is 2.37. The third-order valence-electron chi connectivity index (χ3n) is 4.11. The van der Waals surface area contributed by atoms with Crippen molar-refractivity contribution in [1.82, 2.24) is 9.88 Å². The summed E-state index contributed by atoms with van der Waals surface area (Å²) < 4.78 is 0. The van der Waals surface area contributed by atoms with Crippen molar-refractivity contribution in [3.8, 4) is 5.75 Å². The highest BCUT2D eigenvalue weighted by Gasteiger charge is 2.33. The van der Waals surface area contributed by atoms with Crippen LogP contribution in [-0.2, 0) is 0 Å². The molecule has 2 atom stereocenters. The van der Waals surface area contributed by atoms with Gasteiger partial charge in [0.25, 0.3) is 5.91 Å². The van der Waals surface area contributed by atoms with Crippen LogP contribution < -0.4 is 0 Å². The minimum Gasteiger partial charge on any atom is -0.506 e. The van der Waals surface area contributed by atoms with Gasteiger partial charge in [-0.05, 0) is 37.2 Å². The molecule has 2 heterocycles. The van der Waals surface area contributed by atoms with Crippen molar-refractivity contribution >= 4 is 5.91 Å². The maximum Gasteiger partial charge on any atom is 0.255 e. The molecule has 1 aliphatic carbocycles. The molecular weight excluding hydrogens is 228 g/mol. The molecular formula is C14H18N2O2. The van der Waals surface area contributed by atoms with Gasteiger partial charge in [-0.15, -0.1) is 0 Å². The van der Waals surface area contributed by atoms with Crippen LogP contribution in [0.5, 0.6) is 5.75 Å². The Balaban J connectivity index is 1.76. The molecule has 2 aliphatic rings. The van der Waals surface area contributed by atoms with Gasteiger partial charge in [0.15, 0.2) is 0 Å². The topological polar surface area (TPSA) is 53.4 Å². The fourth-order valence-electron chi connectivity index (χ4n) is 3.32. The van der Waals surface area contributed by atoms with Crippen LogP contribution in [0, 0.1) is 11.8 Å². The molecule has 2 bridgehead atoms. The summed E-state index contributed by atoms with van der Waals surface area (Å²) in [5.41, 5.74) is 0.495. The molecule has 4 heteroatoms. The van der Waals surface area contributed by atoms with E-state index in [0.29, 0.717) is 17.4 Å². The number of amides is 1. The average molecular weight is 246 g/mol. The second kappa shape index (κ2) is 4.59. The molecule has 3 rings (SSSR count). The SMILES string of the molecule is O=C(c1cncc(O)c1)N1C[C@H]2CCC[C@@H](C2)C1. The van der Waals surface area contributed by atoms with E-state index in [4.69, 9.17) is 0 Å². The van der Waals surface area contributed by atoms with Crippen LogP contribution in [0.25, 0.3) is 0 Å². The van der Waals surface area contributed by atoms with Crippen LogP contribution >= 0.6 is 0 Å². The number of rotatable bonds is 1. The molecule has 96 valence electrons. The Hall–Kier alpha value is -1.58. The molecule has 1 saturated heterocycles. The van der Waals surface area contributed by atoms with Gasteiger partial charge in [-0.1, -0.05) is 6.42 Å². The van der Waals surface area contributed by atoms with E-state index in [1.165, 1.54) is 44.1 Å². The lowest BCUT2D eigenvalue weighted by molar-refractivity contribution is 0.0503. The maximum absolute atomic E-state index is 12.4. The van der Waals surface area contributed by atoms with Gasteiger partial charge in [0, 0.05) is 19.3 Å². The van der Waals surface area contributed by atoms with Crippen LogP contribution in [0.3, 0.4) is 0 Å². The molecule has 0 unspecified atom stereocenters. The van der Waals surface area contributed by atoms with Gasteiger partial charge in [-0.3, -0.25) is 9.78 Å². The van der Waals surface area contributed by atoms with E-state index in [1.54, 1.807) is 0 Å². The van der Waals surface area contributed by atoms with Gasteiger partial charge in [0.2, 0.25) is 0 Å². The van der Waals surface area contributed by atoms with Crippen LogP contribution in [0.15, 0.2) is 18.5 Å². The van der Waals surface area contributed by atoms with Gasteiger partial charge < -0.3 is 10.0 Å². The first-order valence-corrected chi connectivity index (χ1v) is 6.65. The predicted octanol–water partition coefficient (Wildman–Crippen LogP) is 2.05. The second-order valence-electron chi connectivity index (χ2n) is 5.54. The highest BCUT2D eigenvalue weighted by Crippen LogP contribution is 2.34. The number of aromatic nitrogens is 1. The highest BCUT2D eigenvalue weighted by molar-refractivity contribution is 5.94. The number of carbonyl (C=O) groups excluding carboxylic acids is 1. The second-order valence-corrected chi connectivity index (χ2v) is 5.54. The number of fused-ring (bicyclic) bond motifs is 2. The van der Waals surface area contributed by atoms with E-state index in [-0.39, 0.29) is 11.7 Å². The Bertz CT molecular complexity index is 449. The molecule has 1 saturated carbocycles. The Morgan fingerprint density at radius 3 is 2.67 bits per heavy atom. The van der Waals surface area contributed by atoms with Crippen molar-refractivity contribution < 1.29 is 9.90 Å². The molecule has 18 heavy (non-hydrogen) atoms. The molecule has 4 nitrogen and oxygen atoms in total. The number of pyridine rings is 1. The van der Waals surface area contributed by atoms with Crippen LogP contribution in [0.1, 0.15) is 36.0 Å². The van der Waals surface area contributed by atoms with Gasteiger partial charge in [0.1, 0.15) is 5.75 Å². The summed E-state index contributed by atoms with van der Waals surface area (Å²) in [5.74, 6) is 1.41. The lowest BCUT2D eigenvalue weighted by Gasteiger charge is -2.41. The molecule has 2 fully saturated rings. The summed E-state index contributed by atoms with van der Waals surface area (Å²) >= 11 is 0. The van der Waals surface area contributed by atoms with Crippen molar-refractivity contribution in [1.29, 1.82) is 0 Å². The molecule has 1 amide bonds. The Kier molecular flexibility index (Phi) is 2.94. The number of aromatic hydroxyl groups is 1. The summed E-state index contributed by atoms with van der Waals surface area (Å²) in [6, 6.07) is 1.50. The first-order chi connectivity index (χ1) is 8.72. The van der Waals surface area contributed by atoms with Crippen molar-refractivity contribution in [2.24, 2.45) is 11.8 Å². The van der Waals surface area contributed by atoms with Gasteiger partial charge in [-0.2, -0.15) is 0 Å². The normalized spacial score (nSPS) is 27.0. The zero-order valence-corrected chi connectivity index (χ0v) is 10.4. The van der Waals surface area contributed by atoms with E-state index in [9.17, 15) is 9.90 Å². The first-order valence-electron chi connectivity index (χ1n) is 6.65. The Labute approximate surface area is 107 Å². The van der Waals surface area contributed by atoms with Crippen molar-refractivity contribution in [3.05, 3.63) is 24.0 Å². The number of nitrogens with zero attached hydrogens (tertiary/aromatic N) is 2. The quantitative estimate of drug-likeness (QED) is 0.825. The lowest BCUT2D eigenvalue weighted by atomic mass is 9.78. The molecule has 1 N–H and O–H groups in total. The van der Waals surface area contributed by atoms with Gasteiger partial charge in [0.05, 0.1) is 11.8 Å². The third kappa shape index (κ3) is 2.19. The van der Waals surface area contributed by atoms with E-state index in [0.717, 1.165) is 13.1 Å². The molecule has 0 spiro atoms. The van der Waals surface area contributed by atoms with E-state index in [2.05, 4.69) is 4.98 Å². The fourth-order valence-corrected chi connectivity index (χ4v) is 3.32. The number of hydrogen-bond acceptors (Lipinski definition) is 3. The largest absolute Gasteiger partial charge is 0.506 e. The van der Waals surface area contributed by atoms with Crippen LogP contribution in [0.4, 0.5) is 0 Å². The maximum atomic E-state index is 12.4. The van der Waals surface area contributed by atoms with Gasteiger partial charge >= 0.3 is 0 Å². The van der Waals surface area contributed by atoms with Crippen LogP contribution in [-0.4, -0.2) is 34.0 Å². The molecule has 1 aromatic heterocycles. The standard InChI is InChI=1S/C14H18N2O2/c17-13-5-12(6-15-7-13)14(18)16-8-10-2-1-3-11(4-10)9-16/h5-7,10-11,17H,1-4,8-9H2/t10-,11-/m0/s1. The fraction of sp³-hybridized carbons (Fsp3) is 0.571. The zero-order chi connectivity index (χ0) is 12.5. The lowest BCUT2D eigenvalue weighted by Crippen LogP contribution is -2.45. The first kappa shape index (κ1) is 11.5. The number of piperidine rings is 1. The highest BCUT2D eigenvalue weighted by atomic mass is 16.3. The number of likely N-dealkylation sites (tertiary alicyclic amines) is 1. The van der Waals surface area contributed by atoms with Crippen molar-refractivity contribution in [2.75, 3.05) is 13.1 Å². The minimum absolute atomic E-state index is 0.00926. The number of carbonyl (C=O) groups is 1. The summed E-state index contributed by atoms with van der Waals surface area (Å²) in [5, 5.41) is 9.39. The van der Waals surface area contributed by atoms with Crippen molar-refractivity contribution in [3.63, 3.8) is 0 Å². The van der Waals surface area contributed by atoms with Crippen LogP contribution in [0.2, 0.25) is 0 Å². The summed E-state index contributed by atoms with van der Waals surface area (Å²) in [6.45, 7) is 1.73. The zero-order valence-electron chi connectivity index (χ0n) is 10.4.